The highest BCUT2D eigenvalue weighted by molar-refractivity contribution is 8.00. The summed E-state index contributed by atoms with van der Waals surface area (Å²) in [6, 6.07) is 8.96. The minimum absolute atomic E-state index is 0.0889. The molecule has 6 nitrogen and oxygen atoms in total. The summed E-state index contributed by atoms with van der Waals surface area (Å²) in [7, 11) is 0. The van der Waals surface area contributed by atoms with Crippen molar-refractivity contribution in [2.24, 2.45) is 0 Å². The SMILES string of the molecule is O=C(CSc1ncnc2nc(N3CCc4ccccc4C3)sc12)NC1CCCC1. The summed E-state index contributed by atoms with van der Waals surface area (Å²) < 4.78 is 0.972. The zero-order chi connectivity index (χ0) is 19.6. The normalized spacial score (nSPS) is 16.9. The average Bonchev–Trinajstić information content (AvgIpc) is 3.41. The summed E-state index contributed by atoms with van der Waals surface area (Å²) in [5.41, 5.74) is 3.51. The summed E-state index contributed by atoms with van der Waals surface area (Å²) in [6.07, 6.45) is 7.22. The highest BCUT2D eigenvalue weighted by Crippen LogP contribution is 2.35. The molecule has 3 aromatic rings. The van der Waals surface area contributed by atoms with Crippen LogP contribution >= 0.6 is 23.1 Å². The van der Waals surface area contributed by atoms with E-state index < -0.39 is 0 Å². The molecule has 0 saturated heterocycles. The van der Waals surface area contributed by atoms with Crippen LogP contribution in [0.5, 0.6) is 0 Å². The standard InChI is InChI=1S/C21H23N5OS2/c27-17(24-16-7-3-4-8-16)12-28-20-18-19(22-13-23-20)25-21(29-18)26-10-9-14-5-1-2-6-15(14)11-26/h1-2,5-6,13,16H,3-4,7-12H2,(H,24,27). The van der Waals surface area contributed by atoms with Gasteiger partial charge in [-0.15, -0.1) is 0 Å². The Morgan fingerprint density at radius 1 is 1.21 bits per heavy atom. The minimum atomic E-state index is 0.0889. The third-order valence-corrected chi connectivity index (χ3v) is 7.84. The Morgan fingerprint density at radius 3 is 2.90 bits per heavy atom. The molecule has 1 aromatic carbocycles. The molecule has 0 spiro atoms. The Balaban J connectivity index is 1.30. The van der Waals surface area contributed by atoms with E-state index in [4.69, 9.17) is 4.98 Å². The average molecular weight is 426 g/mol. The van der Waals surface area contributed by atoms with Gasteiger partial charge in [0.15, 0.2) is 10.8 Å². The smallest absolute Gasteiger partial charge is 0.230 e. The molecule has 1 N–H and O–H groups in total. The van der Waals surface area contributed by atoms with Crippen LogP contribution in [-0.4, -0.2) is 39.2 Å². The number of hydrogen-bond donors (Lipinski definition) is 1. The summed E-state index contributed by atoms with van der Waals surface area (Å²) in [5.74, 6) is 0.471. The first-order valence-electron chi connectivity index (χ1n) is 10.1. The van der Waals surface area contributed by atoms with Crippen molar-refractivity contribution in [1.29, 1.82) is 0 Å². The van der Waals surface area contributed by atoms with E-state index >= 15 is 0 Å². The predicted octanol–water partition coefficient (Wildman–Crippen LogP) is 3.80. The number of fused-ring (bicyclic) bond motifs is 2. The molecule has 2 aromatic heterocycles. The number of aromatic nitrogens is 3. The Kier molecular flexibility index (Phi) is 5.37. The van der Waals surface area contributed by atoms with Gasteiger partial charge in [-0.05, 0) is 30.4 Å². The van der Waals surface area contributed by atoms with Crippen molar-refractivity contribution in [2.45, 2.75) is 49.7 Å². The van der Waals surface area contributed by atoms with Crippen molar-refractivity contribution < 1.29 is 4.79 Å². The number of thiazole rings is 1. The van der Waals surface area contributed by atoms with E-state index in [-0.39, 0.29) is 5.91 Å². The highest BCUT2D eigenvalue weighted by atomic mass is 32.2. The Morgan fingerprint density at radius 2 is 2.03 bits per heavy atom. The number of nitrogens with zero attached hydrogens (tertiary/aromatic N) is 4. The van der Waals surface area contributed by atoms with Gasteiger partial charge in [-0.3, -0.25) is 4.79 Å². The summed E-state index contributed by atoms with van der Waals surface area (Å²) >= 11 is 3.11. The molecule has 1 aliphatic carbocycles. The van der Waals surface area contributed by atoms with E-state index in [0.717, 1.165) is 52.9 Å². The van der Waals surface area contributed by atoms with E-state index in [2.05, 4.69) is 44.5 Å². The van der Waals surface area contributed by atoms with E-state index in [1.807, 2.05) is 0 Å². The monoisotopic (exact) mass is 425 g/mol. The van der Waals surface area contributed by atoms with Crippen LogP contribution in [0, 0.1) is 0 Å². The molecule has 150 valence electrons. The van der Waals surface area contributed by atoms with Gasteiger partial charge in [-0.1, -0.05) is 60.2 Å². The quantitative estimate of drug-likeness (QED) is 0.495. The van der Waals surface area contributed by atoms with E-state index in [1.54, 1.807) is 17.7 Å². The number of carbonyl (C=O) groups is 1. The fraction of sp³-hybridized carbons (Fsp3) is 0.429. The number of rotatable bonds is 5. The molecule has 0 radical (unpaired) electrons. The van der Waals surface area contributed by atoms with Crippen molar-refractivity contribution in [3.05, 3.63) is 41.7 Å². The summed E-state index contributed by atoms with van der Waals surface area (Å²) in [4.78, 5) is 28.1. The molecule has 5 rings (SSSR count). The summed E-state index contributed by atoms with van der Waals surface area (Å²) in [6.45, 7) is 1.83. The number of benzene rings is 1. The van der Waals surface area contributed by atoms with Gasteiger partial charge in [0.25, 0.3) is 0 Å². The molecule has 8 heteroatoms. The Labute approximate surface area is 178 Å². The second-order valence-corrected chi connectivity index (χ2v) is 9.55. The maximum absolute atomic E-state index is 12.3. The van der Waals surface area contributed by atoms with Gasteiger partial charge in [0.2, 0.25) is 5.91 Å². The van der Waals surface area contributed by atoms with Crippen LogP contribution in [0.1, 0.15) is 36.8 Å². The zero-order valence-corrected chi connectivity index (χ0v) is 17.8. The number of nitrogens with one attached hydrogen (secondary N) is 1. The lowest BCUT2D eigenvalue weighted by Crippen LogP contribution is -2.33. The largest absolute Gasteiger partial charge is 0.353 e. The minimum Gasteiger partial charge on any atom is -0.353 e. The lowest BCUT2D eigenvalue weighted by Gasteiger charge is -2.28. The molecular weight excluding hydrogens is 402 g/mol. The maximum Gasteiger partial charge on any atom is 0.230 e. The molecule has 29 heavy (non-hydrogen) atoms. The number of thioether (sulfide) groups is 1. The molecule has 0 atom stereocenters. The lowest BCUT2D eigenvalue weighted by atomic mass is 10.0. The number of anilines is 1. The molecule has 3 heterocycles. The van der Waals surface area contributed by atoms with Crippen molar-refractivity contribution in [1.82, 2.24) is 20.3 Å². The van der Waals surface area contributed by atoms with E-state index in [1.165, 1.54) is 35.7 Å². The molecular formula is C21H23N5OS2. The first kappa shape index (κ1) is 18.8. The van der Waals surface area contributed by atoms with Gasteiger partial charge < -0.3 is 10.2 Å². The highest BCUT2D eigenvalue weighted by Gasteiger charge is 2.21. The molecule has 0 unspecified atom stereocenters. The topological polar surface area (TPSA) is 71.0 Å². The van der Waals surface area contributed by atoms with Crippen LogP contribution in [0.3, 0.4) is 0 Å². The third kappa shape index (κ3) is 4.09. The molecule has 2 aliphatic rings. The van der Waals surface area contributed by atoms with Crippen LogP contribution in [-0.2, 0) is 17.8 Å². The number of hydrogen-bond acceptors (Lipinski definition) is 7. The van der Waals surface area contributed by atoms with Crippen molar-refractivity contribution >= 4 is 44.5 Å². The summed E-state index contributed by atoms with van der Waals surface area (Å²) in [5, 5.41) is 4.96. The second kappa shape index (κ2) is 8.28. The van der Waals surface area contributed by atoms with Gasteiger partial charge in [-0.2, -0.15) is 4.98 Å². The third-order valence-electron chi connectivity index (χ3n) is 5.61. The zero-order valence-electron chi connectivity index (χ0n) is 16.1. The Hall–Kier alpha value is -2.19. The van der Waals surface area contributed by atoms with E-state index in [0.29, 0.717) is 11.8 Å². The van der Waals surface area contributed by atoms with Gasteiger partial charge >= 0.3 is 0 Å². The maximum atomic E-state index is 12.3. The van der Waals surface area contributed by atoms with E-state index in [9.17, 15) is 4.79 Å². The van der Waals surface area contributed by atoms with Crippen LogP contribution in [0.2, 0.25) is 0 Å². The van der Waals surface area contributed by atoms with Crippen LogP contribution in [0.4, 0.5) is 5.13 Å². The predicted molar refractivity (Wildman–Crippen MR) is 118 cm³/mol. The first-order chi connectivity index (χ1) is 14.3. The molecule has 1 aliphatic heterocycles. The van der Waals surface area contributed by atoms with Crippen LogP contribution in [0.25, 0.3) is 10.3 Å². The molecule has 0 bridgehead atoms. The molecule has 1 amide bonds. The Bertz CT molecular complexity index is 1030. The van der Waals surface area contributed by atoms with Crippen molar-refractivity contribution in [2.75, 3.05) is 17.2 Å². The van der Waals surface area contributed by atoms with Crippen molar-refractivity contribution in [3.63, 3.8) is 0 Å². The second-order valence-electron chi connectivity index (χ2n) is 7.61. The van der Waals surface area contributed by atoms with Gasteiger partial charge in [0.1, 0.15) is 16.1 Å². The number of carbonyl (C=O) groups excluding carboxylic acids is 1. The van der Waals surface area contributed by atoms with Crippen LogP contribution < -0.4 is 10.2 Å². The van der Waals surface area contributed by atoms with Gasteiger partial charge in [-0.25, -0.2) is 9.97 Å². The van der Waals surface area contributed by atoms with Gasteiger partial charge in [0.05, 0.1) is 5.75 Å². The lowest BCUT2D eigenvalue weighted by molar-refractivity contribution is -0.119. The van der Waals surface area contributed by atoms with Gasteiger partial charge in [0, 0.05) is 19.1 Å². The fourth-order valence-electron chi connectivity index (χ4n) is 4.09. The van der Waals surface area contributed by atoms with Crippen molar-refractivity contribution in [3.8, 4) is 0 Å². The molecule has 1 fully saturated rings. The fourth-order valence-corrected chi connectivity index (χ4v) is 6.02. The van der Waals surface area contributed by atoms with Crippen LogP contribution in [0.15, 0.2) is 35.6 Å². The first-order valence-corrected chi connectivity index (χ1v) is 11.9. The molecule has 1 saturated carbocycles. The number of amides is 1.